The molecule has 0 fully saturated rings. The van der Waals surface area contributed by atoms with Gasteiger partial charge in [-0.3, -0.25) is 0 Å². The Kier molecular flexibility index (Phi) is 5.18. The lowest BCUT2D eigenvalue weighted by Crippen LogP contribution is -2.34. The first-order chi connectivity index (χ1) is 7.58. The average molecular weight is 247 g/mol. The number of hydrogen-bond acceptors (Lipinski definition) is 3. The van der Waals surface area contributed by atoms with Gasteiger partial charge in [0.15, 0.2) is 0 Å². The minimum absolute atomic E-state index is 0.128. The third-order valence-corrected chi connectivity index (χ3v) is 3.69. The van der Waals surface area contributed by atoms with Gasteiger partial charge in [0.05, 0.1) is 6.61 Å². The van der Waals surface area contributed by atoms with Crippen LogP contribution in [0, 0.1) is 11.6 Å². The number of rotatable bonds is 5. The molecule has 2 atom stereocenters. The molecule has 0 aromatic heterocycles. The molecule has 3 N–H and O–H groups in total. The maximum absolute atomic E-state index is 13.3. The van der Waals surface area contributed by atoms with E-state index in [1.54, 1.807) is 0 Å². The van der Waals surface area contributed by atoms with Crippen molar-refractivity contribution in [3.63, 3.8) is 0 Å². The number of aliphatic hydroxyl groups is 1. The van der Waals surface area contributed by atoms with Gasteiger partial charge in [-0.15, -0.1) is 11.8 Å². The fourth-order valence-electron chi connectivity index (χ4n) is 1.26. The van der Waals surface area contributed by atoms with Crippen molar-refractivity contribution in [1.29, 1.82) is 0 Å². The topological polar surface area (TPSA) is 46.2 Å². The quantitative estimate of drug-likeness (QED) is 0.784. The summed E-state index contributed by atoms with van der Waals surface area (Å²) in [5.74, 6) is -1.23. The zero-order chi connectivity index (χ0) is 12.1. The van der Waals surface area contributed by atoms with Crippen molar-refractivity contribution >= 4 is 11.8 Å². The summed E-state index contributed by atoms with van der Waals surface area (Å²) in [7, 11) is 0. The zero-order valence-electron chi connectivity index (χ0n) is 8.99. The molecule has 0 heterocycles. The van der Waals surface area contributed by atoms with Crippen LogP contribution in [0.15, 0.2) is 23.1 Å². The van der Waals surface area contributed by atoms with Crippen LogP contribution in [0.25, 0.3) is 0 Å². The minimum Gasteiger partial charge on any atom is -0.395 e. The third kappa shape index (κ3) is 3.43. The first kappa shape index (κ1) is 13.4. The summed E-state index contributed by atoms with van der Waals surface area (Å²) < 4.78 is 26.0. The first-order valence-corrected chi connectivity index (χ1v) is 5.94. The van der Waals surface area contributed by atoms with Crippen LogP contribution in [0.2, 0.25) is 0 Å². The summed E-state index contributed by atoms with van der Waals surface area (Å²) in [4.78, 5) is 0.310. The summed E-state index contributed by atoms with van der Waals surface area (Å²) >= 11 is 1.14. The van der Waals surface area contributed by atoms with Crippen LogP contribution in [0.4, 0.5) is 8.78 Å². The highest BCUT2D eigenvalue weighted by Gasteiger charge is 2.18. The number of halogens is 2. The smallest absolute Gasteiger partial charge is 0.139 e. The third-order valence-electron chi connectivity index (χ3n) is 2.30. The van der Waals surface area contributed by atoms with E-state index in [0.717, 1.165) is 17.8 Å². The molecule has 2 nitrogen and oxygen atoms in total. The molecule has 0 aliphatic heterocycles. The van der Waals surface area contributed by atoms with E-state index >= 15 is 0 Å². The molecule has 1 aromatic carbocycles. The molecular formula is C11H15F2NOS. The molecule has 0 radical (unpaired) electrons. The van der Waals surface area contributed by atoms with Gasteiger partial charge in [0.25, 0.3) is 0 Å². The molecule has 1 aromatic rings. The lowest BCUT2D eigenvalue weighted by molar-refractivity contribution is 0.281. The average Bonchev–Trinajstić information content (AvgIpc) is 2.27. The van der Waals surface area contributed by atoms with E-state index in [1.807, 2.05) is 6.92 Å². The van der Waals surface area contributed by atoms with Crippen LogP contribution in [-0.4, -0.2) is 23.0 Å². The van der Waals surface area contributed by atoms with Gasteiger partial charge < -0.3 is 10.8 Å². The molecule has 0 spiro atoms. The normalized spacial score (nSPS) is 14.8. The Morgan fingerprint density at radius 3 is 2.62 bits per heavy atom. The monoisotopic (exact) mass is 247 g/mol. The number of benzene rings is 1. The largest absolute Gasteiger partial charge is 0.395 e. The molecule has 5 heteroatoms. The van der Waals surface area contributed by atoms with Crippen molar-refractivity contribution in [2.24, 2.45) is 5.73 Å². The van der Waals surface area contributed by atoms with Gasteiger partial charge in [0, 0.05) is 22.3 Å². The van der Waals surface area contributed by atoms with Gasteiger partial charge in [-0.1, -0.05) is 6.92 Å². The summed E-state index contributed by atoms with van der Waals surface area (Å²) in [6, 6.07) is 3.17. The lowest BCUT2D eigenvalue weighted by atomic mass is 10.2. The lowest BCUT2D eigenvalue weighted by Gasteiger charge is -2.20. The van der Waals surface area contributed by atoms with E-state index in [9.17, 15) is 8.78 Å². The summed E-state index contributed by atoms with van der Waals surface area (Å²) in [5, 5.41) is 8.86. The first-order valence-electron chi connectivity index (χ1n) is 5.06. The number of nitrogens with two attached hydrogens (primary N) is 1. The van der Waals surface area contributed by atoms with Crippen LogP contribution in [0.3, 0.4) is 0 Å². The van der Waals surface area contributed by atoms with Crippen LogP contribution >= 0.6 is 11.8 Å². The Bertz CT molecular complexity index is 349. The summed E-state index contributed by atoms with van der Waals surface area (Å²) in [5.41, 5.74) is 5.78. The Morgan fingerprint density at radius 2 is 2.12 bits per heavy atom. The number of thioether (sulfide) groups is 1. The van der Waals surface area contributed by atoms with Gasteiger partial charge in [0.2, 0.25) is 0 Å². The van der Waals surface area contributed by atoms with Crippen molar-refractivity contribution in [2.45, 2.75) is 29.5 Å². The molecule has 0 amide bonds. The van der Waals surface area contributed by atoms with E-state index in [4.69, 9.17) is 10.8 Å². The standard InChI is InChI=1S/C11H15F2NOS/c1-2-9(14)11(6-15)16-10-4-3-7(12)5-8(10)13/h3-5,9,11,15H,2,6,14H2,1H3. The molecule has 0 bridgehead atoms. The molecule has 0 saturated carbocycles. The number of hydrogen-bond donors (Lipinski definition) is 2. The summed E-state index contributed by atoms with van der Waals surface area (Å²) in [6.07, 6.45) is 0.695. The minimum atomic E-state index is -0.619. The Hall–Kier alpha value is -0.650. The van der Waals surface area contributed by atoms with Crippen LogP contribution in [0.5, 0.6) is 0 Å². The highest BCUT2D eigenvalue weighted by molar-refractivity contribution is 8.00. The molecule has 1 rings (SSSR count). The zero-order valence-corrected chi connectivity index (χ0v) is 9.81. The van der Waals surface area contributed by atoms with Crippen LogP contribution in [-0.2, 0) is 0 Å². The molecule has 0 aliphatic carbocycles. The van der Waals surface area contributed by atoms with Gasteiger partial charge >= 0.3 is 0 Å². The molecule has 0 aliphatic rings. The number of aliphatic hydroxyl groups excluding tert-OH is 1. The predicted molar refractivity (Wildman–Crippen MR) is 61.4 cm³/mol. The van der Waals surface area contributed by atoms with Gasteiger partial charge in [-0.05, 0) is 18.6 Å². The van der Waals surface area contributed by atoms with Crippen molar-refractivity contribution in [3.8, 4) is 0 Å². The second-order valence-corrected chi connectivity index (χ2v) is 4.77. The van der Waals surface area contributed by atoms with Gasteiger partial charge in [-0.2, -0.15) is 0 Å². The van der Waals surface area contributed by atoms with E-state index < -0.39 is 11.6 Å². The van der Waals surface area contributed by atoms with E-state index in [0.29, 0.717) is 11.3 Å². The Labute approximate surface area is 97.8 Å². The molecule has 16 heavy (non-hydrogen) atoms. The molecule has 2 unspecified atom stereocenters. The maximum atomic E-state index is 13.3. The van der Waals surface area contributed by atoms with E-state index in [1.165, 1.54) is 12.1 Å². The fraction of sp³-hybridized carbons (Fsp3) is 0.455. The highest BCUT2D eigenvalue weighted by atomic mass is 32.2. The molecule has 90 valence electrons. The molecule has 0 saturated heterocycles. The predicted octanol–water partition coefficient (Wildman–Crippen LogP) is 2.16. The van der Waals surface area contributed by atoms with Crippen LogP contribution < -0.4 is 5.73 Å². The fourth-order valence-corrected chi connectivity index (χ4v) is 2.34. The highest BCUT2D eigenvalue weighted by Crippen LogP contribution is 2.28. The Balaban J connectivity index is 2.78. The van der Waals surface area contributed by atoms with Crippen molar-refractivity contribution in [3.05, 3.63) is 29.8 Å². The second kappa shape index (κ2) is 6.18. The van der Waals surface area contributed by atoms with Crippen molar-refractivity contribution in [2.75, 3.05) is 6.61 Å². The van der Waals surface area contributed by atoms with Crippen molar-refractivity contribution < 1.29 is 13.9 Å². The van der Waals surface area contributed by atoms with Crippen LogP contribution in [0.1, 0.15) is 13.3 Å². The Morgan fingerprint density at radius 1 is 1.44 bits per heavy atom. The maximum Gasteiger partial charge on any atom is 0.139 e. The SMILES string of the molecule is CCC(N)C(CO)Sc1ccc(F)cc1F. The van der Waals surface area contributed by atoms with E-state index in [2.05, 4.69) is 0 Å². The second-order valence-electron chi connectivity index (χ2n) is 3.49. The van der Waals surface area contributed by atoms with Crippen molar-refractivity contribution in [1.82, 2.24) is 0 Å². The summed E-state index contributed by atoms with van der Waals surface area (Å²) in [6.45, 7) is 1.77. The van der Waals surface area contributed by atoms with E-state index in [-0.39, 0.29) is 17.9 Å². The molecular weight excluding hydrogens is 232 g/mol. The van der Waals surface area contributed by atoms with Gasteiger partial charge in [0.1, 0.15) is 11.6 Å². The van der Waals surface area contributed by atoms with Gasteiger partial charge in [-0.25, -0.2) is 8.78 Å².